The Morgan fingerprint density at radius 3 is 2.45 bits per heavy atom. The van der Waals surface area contributed by atoms with Gasteiger partial charge in [-0.3, -0.25) is 0 Å². The first-order valence-electron chi connectivity index (χ1n) is 6.45. The van der Waals surface area contributed by atoms with Gasteiger partial charge in [-0.1, -0.05) is 35.9 Å². The van der Waals surface area contributed by atoms with E-state index < -0.39 is 0 Å². The molecular formula is C16H18ClNO2. The number of methoxy groups -OCH3 is 1. The number of ether oxygens (including phenoxy) is 2. The molecule has 2 rings (SSSR count). The van der Waals surface area contributed by atoms with Crippen LogP contribution in [0.25, 0.3) is 0 Å². The summed E-state index contributed by atoms with van der Waals surface area (Å²) in [4.78, 5) is 0. The van der Waals surface area contributed by atoms with Crippen molar-refractivity contribution in [2.24, 2.45) is 5.73 Å². The number of rotatable bonds is 5. The molecule has 3 nitrogen and oxygen atoms in total. The van der Waals surface area contributed by atoms with Crippen molar-refractivity contribution in [3.05, 3.63) is 53.1 Å². The van der Waals surface area contributed by atoms with E-state index in [0.29, 0.717) is 28.7 Å². The standard InChI is InChI=1S/C16H18ClNO2/c1-11(18)10-12-6-5-7-13(17)16(12)20-15-9-4-3-8-14(15)19-2/h3-9,11H,10,18H2,1-2H3. The third-order valence-corrected chi connectivity index (χ3v) is 3.17. The van der Waals surface area contributed by atoms with Crippen LogP contribution in [0.15, 0.2) is 42.5 Å². The molecule has 0 aromatic heterocycles. The minimum absolute atomic E-state index is 0.0356. The molecular weight excluding hydrogens is 274 g/mol. The van der Waals surface area contributed by atoms with Crippen molar-refractivity contribution in [2.75, 3.05) is 7.11 Å². The fourth-order valence-electron chi connectivity index (χ4n) is 1.99. The van der Waals surface area contributed by atoms with Crippen LogP contribution in [-0.4, -0.2) is 13.2 Å². The highest BCUT2D eigenvalue weighted by Crippen LogP contribution is 2.37. The highest BCUT2D eigenvalue weighted by Gasteiger charge is 2.13. The Kier molecular flexibility index (Phi) is 4.88. The molecule has 0 saturated heterocycles. The lowest BCUT2D eigenvalue weighted by Crippen LogP contribution is -2.18. The van der Waals surface area contributed by atoms with Crippen molar-refractivity contribution >= 4 is 11.6 Å². The monoisotopic (exact) mass is 291 g/mol. The van der Waals surface area contributed by atoms with Crippen molar-refractivity contribution in [2.45, 2.75) is 19.4 Å². The summed E-state index contributed by atoms with van der Waals surface area (Å²) in [6.07, 6.45) is 0.699. The molecule has 0 aliphatic rings. The summed E-state index contributed by atoms with van der Waals surface area (Å²) in [5.74, 6) is 1.93. The quantitative estimate of drug-likeness (QED) is 0.904. The van der Waals surface area contributed by atoms with Crippen molar-refractivity contribution in [1.29, 1.82) is 0 Å². The molecule has 0 amide bonds. The van der Waals surface area contributed by atoms with Gasteiger partial charge >= 0.3 is 0 Å². The maximum Gasteiger partial charge on any atom is 0.169 e. The summed E-state index contributed by atoms with van der Waals surface area (Å²) in [5, 5.41) is 0.564. The van der Waals surface area contributed by atoms with Gasteiger partial charge in [-0.2, -0.15) is 0 Å². The van der Waals surface area contributed by atoms with Gasteiger partial charge in [0, 0.05) is 6.04 Å². The first-order chi connectivity index (χ1) is 9.61. The lowest BCUT2D eigenvalue weighted by atomic mass is 10.1. The third-order valence-electron chi connectivity index (χ3n) is 2.87. The first kappa shape index (κ1) is 14.7. The van der Waals surface area contributed by atoms with Crippen LogP contribution in [-0.2, 0) is 6.42 Å². The number of para-hydroxylation sites is 3. The molecule has 0 radical (unpaired) electrons. The van der Waals surface area contributed by atoms with Gasteiger partial charge in [-0.05, 0) is 37.1 Å². The second kappa shape index (κ2) is 6.64. The summed E-state index contributed by atoms with van der Waals surface area (Å²) >= 11 is 6.25. The second-order valence-electron chi connectivity index (χ2n) is 4.66. The molecule has 2 aromatic rings. The Morgan fingerprint density at radius 2 is 1.80 bits per heavy atom. The van der Waals surface area contributed by atoms with Crippen molar-refractivity contribution in [1.82, 2.24) is 0 Å². The van der Waals surface area contributed by atoms with E-state index in [1.165, 1.54) is 0 Å². The van der Waals surface area contributed by atoms with Crippen LogP contribution in [0.3, 0.4) is 0 Å². The van der Waals surface area contributed by atoms with Crippen LogP contribution in [0.4, 0.5) is 0 Å². The molecule has 2 aromatic carbocycles. The average molecular weight is 292 g/mol. The number of hydrogen-bond acceptors (Lipinski definition) is 3. The van der Waals surface area contributed by atoms with Crippen LogP contribution in [0.5, 0.6) is 17.2 Å². The molecule has 0 spiro atoms. The van der Waals surface area contributed by atoms with Gasteiger partial charge in [0.1, 0.15) is 5.75 Å². The Bertz CT molecular complexity index is 584. The summed E-state index contributed by atoms with van der Waals surface area (Å²) in [7, 11) is 1.61. The second-order valence-corrected chi connectivity index (χ2v) is 5.07. The van der Waals surface area contributed by atoms with Gasteiger partial charge in [0.15, 0.2) is 11.5 Å². The largest absolute Gasteiger partial charge is 0.493 e. The van der Waals surface area contributed by atoms with Crippen LogP contribution in [0.2, 0.25) is 5.02 Å². The Hall–Kier alpha value is -1.71. The fraction of sp³-hybridized carbons (Fsp3) is 0.250. The predicted octanol–water partition coefficient (Wildman–Crippen LogP) is 4.03. The Labute approximate surface area is 124 Å². The summed E-state index contributed by atoms with van der Waals surface area (Å²) in [5.41, 5.74) is 6.85. The van der Waals surface area contributed by atoms with E-state index >= 15 is 0 Å². The highest BCUT2D eigenvalue weighted by atomic mass is 35.5. The number of nitrogens with two attached hydrogens (primary N) is 1. The molecule has 0 bridgehead atoms. The minimum Gasteiger partial charge on any atom is -0.493 e. The molecule has 2 N–H and O–H groups in total. The zero-order valence-corrected chi connectivity index (χ0v) is 12.4. The lowest BCUT2D eigenvalue weighted by molar-refractivity contribution is 0.377. The van der Waals surface area contributed by atoms with Crippen LogP contribution < -0.4 is 15.2 Å². The van der Waals surface area contributed by atoms with Gasteiger partial charge < -0.3 is 15.2 Å². The minimum atomic E-state index is 0.0356. The summed E-state index contributed by atoms with van der Waals surface area (Å²) in [6, 6.07) is 13.2. The molecule has 4 heteroatoms. The SMILES string of the molecule is COc1ccccc1Oc1c(Cl)cccc1CC(C)N. The van der Waals surface area contributed by atoms with E-state index in [1.807, 2.05) is 43.3 Å². The Morgan fingerprint density at radius 1 is 1.10 bits per heavy atom. The summed E-state index contributed by atoms with van der Waals surface area (Å²) in [6.45, 7) is 1.95. The van der Waals surface area contributed by atoms with Gasteiger partial charge in [0.25, 0.3) is 0 Å². The Balaban J connectivity index is 2.37. The van der Waals surface area contributed by atoms with E-state index in [9.17, 15) is 0 Å². The van der Waals surface area contributed by atoms with Gasteiger partial charge in [-0.15, -0.1) is 0 Å². The molecule has 0 heterocycles. The normalized spacial score (nSPS) is 12.0. The first-order valence-corrected chi connectivity index (χ1v) is 6.83. The topological polar surface area (TPSA) is 44.5 Å². The van der Waals surface area contributed by atoms with E-state index in [4.69, 9.17) is 26.8 Å². The zero-order chi connectivity index (χ0) is 14.5. The number of hydrogen-bond donors (Lipinski definition) is 1. The van der Waals surface area contributed by atoms with E-state index in [0.717, 1.165) is 5.56 Å². The van der Waals surface area contributed by atoms with Gasteiger partial charge in [0.05, 0.1) is 12.1 Å². The lowest BCUT2D eigenvalue weighted by Gasteiger charge is -2.15. The smallest absolute Gasteiger partial charge is 0.169 e. The number of benzene rings is 2. The third kappa shape index (κ3) is 3.44. The molecule has 106 valence electrons. The fourth-order valence-corrected chi connectivity index (χ4v) is 2.22. The molecule has 0 aliphatic heterocycles. The maximum atomic E-state index is 6.25. The number of halogens is 1. The van der Waals surface area contributed by atoms with E-state index in [1.54, 1.807) is 13.2 Å². The molecule has 0 fully saturated rings. The maximum absolute atomic E-state index is 6.25. The molecule has 20 heavy (non-hydrogen) atoms. The molecule has 0 saturated carbocycles. The van der Waals surface area contributed by atoms with Crippen molar-refractivity contribution in [3.63, 3.8) is 0 Å². The van der Waals surface area contributed by atoms with Crippen molar-refractivity contribution < 1.29 is 9.47 Å². The predicted molar refractivity (Wildman–Crippen MR) is 81.9 cm³/mol. The van der Waals surface area contributed by atoms with Crippen molar-refractivity contribution in [3.8, 4) is 17.2 Å². The molecule has 1 atom stereocenters. The van der Waals surface area contributed by atoms with Gasteiger partial charge in [-0.25, -0.2) is 0 Å². The van der Waals surface area contributed by atoms with E-state index in [2.05, 4.69) is 0 Å². The molecule has 0 aliphatic carbocycles. The molecule has 1 unspecified atom stereocenters. The van der Waals surface area contributed by atoms with Gasteiger partial charge in [0.2, 0.25) is 0 Å². The van der Waals surface area contributed by atoms with Crippen LogP contribution in [0.1, 0.15) is 12.5 Å². The van der Waals surface area contributed by atoms with Crippen LogP contribution in [0, 0.1) is 0 Å². The van der Waals surface area contributed by atoms with E-state index in [-0.39, 0.29) is 6.04 Å². The highest BCUT2D eigenvalue weighted by molar-refractivity contribution is 6.32. The van der Waals surface area contributed by atoms with Crippen LogP contribution >= 0.6 is 11.6 Å². The average Bonchev–Trinajstić information content (AvgIpc) is 2.42. The zero-order valence-electron chi connectivity index (χ0n) is 11.6. The summed E-state index contributed by atoms with van der Waals surface area (Å²) < 4.78 is 11.2.